The van der Waals surface area contributed by atoms with E-state index < -0.39 is 0 Å². The number of hydrogen-bond acceptors (Lipinski definition) is 4. The summed E-state index contributed by atoms with van der Waals surface area (Å²) >= 11 is 1.74. The number of hydrogen-bond donors (Lipinski definition) is 1. The van der Waals surface area contributed by atoms with Crippen LogP contribution in [-0.2, 0) is 6.42 Å². The van der Waals surface area contributed by atoms with Gasteiger partial charge in [0.2, 0.25) is 0 Å². The highest BCUT2D eigenvalue weighted by Crippen LogP contribution is 2.25. The molecule has 1 N–H and O–H groups in total. The standard InChI is InChI=1S/C17H24N2OS/c1-5-8-18-15(10-17-19-13(3)11-21-17)14-6-7-16(20-4)12(2)9-14/h6-7,9,11,15,18H,5,8,10H2,1-4H3. The third kappa shape index (κ3) is 4.29. The minimum atomic E-state index is 0.306. The highest BCUT2D eigenvalue weighted by atomic mass is 32.1. The monoisotopic (exact) mass is 304 g/mol. The van der Waals surface area contributed by atoms with Crippen molar-refractivity contribution in [2.75, 3.05) is 13.7 Å². The third-order valence-corrected chi connectivity index (χ3v) is 4.50. The molecule has 1 aromatic heterocycles. The van der Waals surface area contributed by atoms with E-state index in [2.05, 4.69) is 47.7 Å². The maximum atomic E-state index is 5.35. The Morgan fingerprint density at radius 2 is 2.14 bits per heavy atom. The van der Waals surface area contributed by atoms with Crippen LogP contribution >= 0.6 is 11.3 Å². The molecule has 0 fully saturated rings. The molecular weight excluding hydrogens is 280 g/mol. The van der Waals surface area contributed by atoms with Gasteiger partial charge in [-0.2, -0.15) is 0 Å². The number of thiazole rings is 1. The van der Waals surface area contributed by atoms with Gasteiger partial charge in [-0.1, -0.05) is 19.1 Å². The summed E-state index contributed by atoms with van der Waals surface area (Å²) < 4.78 is 5.35. The topological polar surface area (TPSA) is 34.2 Å². The fourth-order valence-electron chi connectivity index (χ4n) is 2.42. The second-order valence-corrected chi connectivity index (χ2v) is 6.27. The van der Waals surface area contributed by atoms with Crippen LogP contribution < -0.4 is 10.1 Å². The molecule has 3 nitrogen and oxygen atoms in total. The van der Waals surface area contributed by atoms with Crippen molar-refractivity contribution in [2.45, 2.75) is 39.7 Å². The smallest absolute Gasteiger partial charge is 0.121 e. The first-order chi connectivity index (χ1) is 10.1. The van der Waals surface area contributed by atoms with Crippen molar-refractivity contribution in [2.24, 2.45) is 0 Å². The molecule has 0 aliphatic rings. The highest BCUT2D eigenvalue weighted by molar-refractivity contribution is 7.09. The zero-order valence-corrected chi connectivity index (χ0v) is 14.1. The van der Waals surface area contributed by atoms with Gasteiger partial charge in [-0.25, -0.2) is 4.98 Å². The average Bonchev–Trinajstić information content (AvgIpc) is 2.88. The van der Waals surface area contributed by atoms with Crippen molar-refractivity contribution in [1.82, 2.24) is 10.3 Å². The van der Waals surface area contributed by atoms with Crippen molar-refractivity contribution in [3.05, 3.63) is 45.4 Å². The minimum absolute atomic E-state index is 0.306. The van der Waals surface area contributed by atoms with Gasteiger partial charge in [0.25, 0.3) is 0 Å². The maximum absolute atomic E-state index is 5.35. The zero-order valence-electron chi connectivity index (χ0n) is 13.3. The molecule has 0 amide bonds. The molecule has 114 valence electrons. The average molecular weight is 304 g/mol. The molecule has 0 saturated heterocycles. The fourth-order valence-corrected chi connectivity index (χ4v) is 3.23. The van der Waals surface area contributed by atoms with Crippen molar-refractivity contribution in [3.8, 4) is 5.75 Å². The van der Waals surface area contributed by atoms with Gasteiger partial charge >= 0.3 is 0 Å². The summed E-state index contributed by atoms with van der Waals surface area (Å²) in [5, 5.41) is 6.94. The molecule has 0 aliphatic carbocycles. The Kier molecular flexibility index (Phi) is 5.76. The summed E-state index contributed by atoms with van der Waals surface area (Å²) in [4.78, 5) is 4.59. The molecule has 0 aliphatic heterocycles. The van der Waals surface area contributed by atoms with E-state index in [-0.39, 0.29) is 0 Å². The molecule has 0 saturated carbocycles. The molecule has 2 aromatic rings. The molecule has 1 unspecified atom stereocenters. The number of aryl methyl sites for hydroxylation is 2. The van der Waals surface area contributed by atoms with Gasteiger partial charge < -0.3 is 10.1 Å². The van der Waals surface area contributed by atoms with Crippen molar-refractivity contribution in [3.63, 3.8) is 0 Å². The van der Waals surface area contributed by atoms with Crippen molar-refractivity contribution >= 4 is 11.3 Å². The van der Waals surface area contributed by atoms with Crippen LogP contribution in [-0.4, -0.2) is 18.6 Å². The summed E-state index contributed by atoms with van der Waals surface area (Å²) in [7, 11) is 1.72. The molecule has 21 heavy (non-hydrogen) atoms. The van der Waals surface area contributed by atoms with Crippen LogP contribution in [0, 0.1) is 13.8 Å². The van der Waals surface area contributed by atoms with Crippen LogP contribution in [0.25, 0.3) is 0 Å². The van der Waals surface area contributed by atoms with E-state index >= 15 is 0 Å². The number of rotatable bonds is 7. The summed E-state index contributed by atoms with van der Waals surface area (Å²) in [6, 6.07) is 6.73. The minimum Gasteiger partial charge on any atom is -0.496 e. The van der Waals surface area contributed by atoms with E-state index in [9.17, 15) is 0 Å². The lowest BCUT2D eigenvalue weighted by Gasteiger charge is -2.19. The summed E-state index contributed by atoms with van der Waals surface area (Å²) in [5.74, 6) is 0.943. The van der Waals surface area contributed by atoms with Crippen LogP contribution in [0.15, 0.2) is 23.6 Å². The van der Waals surface area contributed by atoms with Crippen LogP contribution in [0.4, 0.5) is 0 Å². The lowest BCUT2D eigenvalue weighted by atomic mass is 10.0. The third-order valence-electron chi connectivity index (χ3n) is 3.51. The molecule has 2 rings (SSSR count). The normalized spacial score (nSPS) is 12.4. The van der Waals surface area contributed by atoms with Gasteiger partial charge in [0.15, 0.2) is 0 Å². The van der Waals surface area contributed by atoms with Gasteiger partial charge in [0, 0.05) is 23.5 Å². The molecule has 4 heteroatoms. The molecule has 1 atom stereocenters. The Labute approximate surface area is 131 Å². The van der Waals surface area contributed by atoms with E-state index in [0.29, 0.717) is 6.04 Å². The van der Waals surface area contributed by atoms with Gasteiger partial charge in [0.1, 0.15) is 5.75 Å². The second-order valence-electron chi connectivity index (χ2n) is 5.32. The number of methoxy groups -OCH3 is 1. The van der Waals surface area contributed by atoms with E-state index in [4.69, 9.17) is 4.74 Å². The molecule has 1 aromatic carbocycles. The van der Waals surface area contributed by atoms with Crippen molar-refractivity contribution < 1.29 is 4.74 Å². The number of nitrogens with zero attached hydrogens (tertiary/aromatic N) is 1. The number of nitrogens with one attached hydrogen (secondary N) is 1. The first-order valence-corrected chi connectivity index (χ1v) is 8.31. The predicted octanol–water partition coefficient (Wildman–Crippen LogP) is 4.05. The quantitative estimate of drug-likeness (QED) is 0.838. The SMILES string of the molecule is CCCNC(Cc1nc(C)cs1)c1ccc(OC)c(C)c1. The van der Waals surface area contributed by atoms with Gasteiger partial charge in [-0.3, -0.25) is 0 Å². The molecule has 0 radical (unpaired) electrons. The van der Waals surface area contributed by atoms with E-state index in [1.165, 1.54) is 16.1 Å². The van der Waals surface area contributed by atoms with Crippen molar-refractivity contribution in [1.29, 1.82) is 0 Å². The molecule has 0 spiro atoms. The van der Waals surface area contributed by atoms with E-state index in [0.717, 1.165) is 30.8 Å². The fraction of sp³-hybridized carbons (Fsp3) is 0.471. The lowest BCUT2D eigenvalue weighted by molar-refractivity contribution is 0.411. The Morgan fingerprint density at radius 1 is 1.33 bits per heavy atom. The maximum Gasteiger partial charge on any atom is 0.121 e. The first kappa shape index (κ1) is 16.0. The Bertz CT molecular complexity index is 580. The number of ether oxygens (including phenoxy) is 1. The summed E-state index contributed by atoms with van der Waals surface area (Å²) in [5.41, 5.74) is 3.58. The van der Waals surface area contributed by atoms with Gasteiger partial charge in [-0.05, 0) is 44.0 Å². The van der Waals surface area contributed by atoms with Crippen LogP contribution in [0.3, 0.4) is 0 Å². The predicted molar refractivity (Wildman–Crippen MR) is 89.3 cm³/mol. The number of aromatic nitrogens is 1. The van der Waals surface area contributed by atoms with Crippen LogP contribution in [0.1, 0.15) is 41.2 Å². The Morgan fingerprint density at radius 3 is 2.71 bits per heavy atom. The zero-order chi connectivity index (χ0) is 15.2. The van der Waals surface area contributed by atoms with Crippen LogP contribution in [0.5, 0.6) is 5.75 Å². The van der Waals surface area contributed by atoms with E-state index in [1.54, 1.807) is 18.4 Å². The van der Waals surface area contributed by atoms with Crippen LogP contribution in [0.2, 0.25) is 0 Å². The van der Waals surface area contributed by atoms with E-state index in [1.807, 2.05) is 6.92 Å². The van der Waals surface area contributed by atoms with Gasteiger partial charge in [-0.15, -0.1) is 11.3 Å². The Balaban J connectivity index is 2.20. The second kappa shape index (κ2) is 7.57. The lowest BCUT2D eigenvalue weighted by Crippen LogP contribution is -2.24. The largest absolute Gasteiger partial charge is 0.496 e. The van der Waals surface area contributed by atoms with Gasteiger partial charge in [0.05, 0.1) is 12.1 Å². The highest BCUT2D eigenvalue weighted by Gasteiger charge is 2.14. The summed E-state index contributed by atoms with van der Waals surface area (Å²) in [6.07, 6.45) is 2.06. The Hall–Kier alpha value is -1.39. The first-order valence-electron chi connectivity index (χ1n) is 7.43. The number of benzene rings is 1. The molecule has 0 bridgehead atoms. The molecule has 1 heterocycles. The molecular formula is C17H24N2OS. The summed E-state index contributed by atoms with van der Waals surface area (Å²) in [6.45, 7) is 7.34.